The predicted molar refractivity (Wildman–Crippen MR) is 91.0 cm³/mol. The third-order valence-electron chi connectivity index (χ3n) is 3.88. The van der Waals surface area contributed by atoms with Gasteiger partial charge in [0.2, 0.25) is 5.66 Å². The summed E-state index contributed by atoms with van der Waals surface area (Å²) in [5.41, 5.74) is 0.919. The van der Waals surface area contributed by atoms with Crippen molar-refractivity contribution in [2.45, 2.75) is 45.5 Å². The lowest BCUT2D eigenvalue weighted by atomic mass is 9.92. The second kappa shape index (κ2) is 7.11. The molecule has 1 saturated heterocycles. The van der Waals surface area contributed by atoms with E-state index < -0.39 is 11.8 Å². The Kier molecular flexibility index (Phi) is 5.56. The molecule has 0 radical (unpaired) electrons. The highest BCUT2D eigenvalue weighted by molar-refractivity contribution is 5.30. The number of halogens is 3. The highest BCUT2D eigenvalue weighted by Gasteiger charge is 2.70. The molecule has 0 bridgehead atoms. The minimum Gasteiger partial charge on any atom is -0.219 e. The first-order valence-electron chi connectivity index (χ1n) is 8.14. The van der Waals surface area contributed by atoms with E-state index in [2.05, 4.69) is 32.3 Å². The van der Waals surface area contributed by atoms with E-state index in [9.17, 15) is 13.2 Å². The van der Waals surface area contributed by atoms with Crippen molar-refractivity contribution in [3.8, 4) is 0 Å². The fraction of sp³-hybridized carbons (Fsp3) is 0.474. The van der Waals surface area contributed by atoms with E-state index in [0.717, 1.165) is 12.8 Å². The Morgan fingerprint density at radius 3 is 2.21 bits per heavy atom. The lowest BCUT2D eigenvalue weighted by Gasteiger charge is -2.18. The van der Waals surface area contributed by atoms with Gasteiger partial charge in [-0.3, -0.25) is 0 Å². The van der Waals surface area contributed by atoms with E-state index in [1.54, 1.807) is 24.3 Å². The minimum absolute atomic E-state index is 0.210. The van der Waals surface area contributed by atoms with Gasteiger partial charge in [0.15, 0.2) is 0 Å². The van der Waals surface area contributed by atoms with Gasteiger partial charge in [-0.25, -0.2) is 10.4 Å². The lowest BCUT2D eigenvalue weighted by molar-refractivity contribution is -0.175. The molecule has 0 saturated carbocycles. The second-order valence-electron chi connectivity index (χ2n) is 7.24. The van der Waals surface area contributed by atoms with E-state index in [1.807, 2.05) is 12.2 Å². The van der Waals surface area contributed by atoms with Crippen LogP contribution in [0.25, 0.3) is 0 Å². The Bertz CT molecular complexity index is 585. The topological polar surface area (TPSA) is 25.0 Å². The Hall–Kier alpha value is -1.59. The van der Waals surface area contributed by atoms with Crippen LogP contribution in [0.2, 0.25) is 0 Å². The summed E-state index contributed by atoms with van der Waals surface area (Å²) < 4.78 is 40.4. The molecule has 1 heterocycles. The Labute approximate surface area is 142 Å². The summed E-state index contributed by atoms with van der Waals surface area (Å²) in [5.74, 6) is 0. The zero-order valence-corrected chi connectivity index (χ0v) is 14.4. The second-order valence-corrected chi connectivity index (χ2v) is 7.24. The van der Waals surface area contributed by atoms with Crippen LogP contribution in [0.1, 0.15) is 39.2 Å². The van der Waals surface area contributed by atoms with E-state index in [1.165, 1.54) is 17.1 Å². The molecule has 2 unspecified atom stereocenters. The smallest absolute Gasteiger partial charge is 0.219 e. The third kappa shape index (κ3) is 4.48. The molecule has 1 N–H and O–H groups in total. The highest BCUT2D eigenvalue weighted by Crippen LogP contribution is 2.49. The van der Waals surface area contributed by atoms with Gasteiger partial charge in [0.25, 0.3) is 0 Å². The zero-order valence-electron chi connectivity index (χ0n) is 14.4. The molecule has 1 aliphatic heterocycles. The van der Waals surface area contributed by atoms with Crippen LogP contribution in [-0.2, 0) is 5.66 Å². The maximum absolute atomic E-state index is 13.5. The van der Waals surface area contributed by atoms with E-state index in [4.69, 9.17) is 0 Å². The van der Waals surface area contributed by atoms with Crippen molar-refractivity contribution in [3.05, 3.63) is 60.2 Å². The molecule has 1 aromatic rings. The molecule has 2 nitrogen and oxygen atoms in total. The molecule has 2 rings (SSSR count). The average molecular weight is 338 g/mol. The van der Waals surface area contributed by atoms with Gasteiger partial charge in [-0.15, -0.1) is 0 Å². The van der Waals surface area contributed by atoms with Crippen LogP contribution < -0.4 is 5.43 Å². The summed E-state index contributed by atoms with van der Waals surface area (Å²) in [6, 6.07) is 7.96. The molecule has 0 aromatic heterocycles. The monoisotopic (exact) mass is 338 g/mol. The van der Waals surface area contributed by atoms with Crippen LogP contribution in [0.3, 0.4) is 0 Å². The van der Waals surface area contributed by atoms with Gasteiger partial charge < -0.3 is 0 Å². The molecule has 0 aliphatic carbocycles. The molecule has 2 atom stereocenters. The summed E-state index contributed by atoms with van der Waals surface area (Å²) in [5, 5.41) is 1.22. The molecule has 5 heteroatoms. The maximum atomic E-state index is 13.5. The molecule has 132 valence electrons. The third-order valence-corrected chi connectivity index (χ3v) is 3.88. The minimum atomic E-state index is -4.37. The normalized spacial score (nSPS) is 24.8. The first kappa shape index (κ1) is 18.7. The fourth-order valence-corrected chi connectivity index (χ4v) is 2.52. The van der Waals surface area contributed by atoms with Crippen molar-refractivity contribution in [1.82, 2.24) is 10.4 Å². The summed E-state index contributed by atoms with van der Waals surface area (Å²) >= 11 is 0. The molecule has 0 amide bonds. The van der Waals surface area contributed by atoms with Crippen LogP contribution in [0.15, 0.2) is 54.6 Å². The first-order valence-corrected chi connectivity index (χ1v) is 8.14. The number of nitrogens with one attached hydrogen (secondary N) is 1. The number of hydrogen-bond donors (Lipinski definition) is 1. The Balaban J connectivity index is 1.89. The van der Waals surface area contributed by atoms with Crippen LogP contribution in [-0.4, -0.2) is 17.7 Å². The van der Waals surface area contributed by atoms with Crippen LogP contribution in [0.5, 0.6) is 0 Å². The van der Waals surface area contributed by atoms with Crippen LogP contribution >= 0.6 is 0 Å². The molecular weight excluding hydrogens is 313 g/mol. The predicted octanol–water partition coefficient (Wildman–Crippen LogP) is 5.16. The van der Waals surface area contributed by atoms with Gasteiger partial charge in [-0.05, 0) is 23.8 Å². The summed E-state index contributed by atoms with van der Waals surface area (Å²) in [6.07, 6.45) is 5.18. The van der Waals surface area contributed by atoms with Crippen molar-refractivity contribution < 1.29 is 13.2 Å². The van der Waals surface area contributed by atoms with E-state index in [-0.39, 0.29) is 17.5 Å². The summed E-state index contributed by atoms with van der Waals surface area (Å²) in [6.45, 7) is 6.71. The number of alkyl halides is 3. The molecular formula is C19H25F3N2. The van der Waals surface area contributed by atoms with Crippen LogP contribution in [0.4, 0.5) is 13.2 Å². The van der Waals surface area contributed by atoms with E-state index >= 15 is 0 Å². The number of hydrazine groups is 1. The number of benzene rings is 1. The van der Waals surface area contributed by atoms with Gasteiger partial charge in [0, 0.05) is 6.54 Å². The zero-order chi connectivity index (χ0) is 17.8. The average Bonchev–Trinajstić information content (AvgIpc) is 3.22. The van der Waals surface area contributed by atoms with Crippen molar-refractivity contribution >= 4 is 0 Å². The molecule has 1 aromatic carbocycles. The highest BCUT2D eigenvalue weighted by atomic mass is 19.4. The number of allylic oxidation sites excluding steroid dienone is 3. The first-order chi connectivity index (χ1) is 11.2. The van der Waals surface area contributed by atoms with Crippen molar-refractivity contribution in [2.24, 2.45) is 5.41 Å². The fourth-order valence-electron chi connectivity index (χ4n) is 2.52. The molecule has 24 heavy (non-hydrogen) atoms. The van der Waals surface area contributed by atoms with Gasteiger partial charge in [-0.2, -0.15) is 13.2 Å². The number of rotatable bonds is 6. The van der Waals surface area contributed by atoms with Crippen LogP contribution in [0, 0.1) is 5.41 Å². The molecule has 1 fully saturated rings. The summed E-state index contributed by atoms with van der Waals surface area (Å²) in [7, 11) is 0. The van der Waals surface area contributed by atoms with Gasteiger partial charge >= 0.3 is 6.18 Å². The lowest BCUT2D eigenvalue weighted by Crippen LogP contribution is -2.35. The Morgan fingerprint density at radius 2 is 1.62 bits per heavy atom. The largest absolute Gasteiger partial charge is 0.426 e. The van der Waals surface area contributed by atoms with Gasteiger partial charge in [-0.1, -0.05) is 75.4 Å². The molecule has 1 aliphatic rings. The van der Waals surface area contributed by atoms with Crippen molar-refractivity contribution in [1.29, 1.82) is 0 Å². The van der Waals surface area contributed by atoms with E-state index in [0.29, 0.717) is 0 Å². The standard InChI is InChI=1S/C19H25F3N2/c1-17(2,3)14-10-5-4-6-11-15-24-18(23-24,19(20,21)22)16-12-8-7-9-13-16/h5-13,23H,4,14-15H2,1-3H3/b10-5-,11-6-. The van der Waals surface area contributed by atoms with Gasteiger partial charge in [0.1, 0.15) is 0 Å². The quantitative estimate of drug-likeness (QED) is 0.572. The summed E-state index contributed by atoms with van der Waals surface area (Å²) in [4.78, 5) is 0. The van der Waals surface area contributed by atoms with Crippen molar-refractivity contribution in [3.63, 3.8) is 0 Å². The Morgan fingerprint density at radius 1 is 1.00 bits per heavy atom. The number of hydrogen-bond acceptors (Lipinski definition) is 2. The maximum Gasteiger partial charge on any atom is 0.426 e. The molecule has 0 spiro atoms. The SMILES string of the molecule is CC(C)(C)C/C=C\C/C=C\CN1NC1(c1ccccc1)C(F)(F)F. The van der Waals surface area contributed by atoms with Gasteiger partial charge in [0.05, 0.1) is 0 Å². The van der Waals surface area contributed by atoms with Crippen molar-refractivity contribution in [2.75, 3.05) is 6.54 Å². The number of nitrogens with zero attached hydrogens (tertiary/aromatic N) is 1.